The second kappa shape index (κ2) is 8.73. The summed E-state index contributed by atoms with van der Waals surface area (Å²) < 4.78 is 0. The highest BCUT2D eigenvalue weighted by Gasteiger charge is 2.29. The van der Waals surface area contributed by atoms with Crippen LogP contribution >= 0.6 is 0 Å². The normalized spacial score (nSPS) is 21.1. The molecule has 0 spiro atoms. The van der Waals surface area contributed by atoms with Gasteiger partial charge in [0.1, 0.15) is 6.04 Å². The summed E-state index contributed by atoms with van der Waals surface area (Å²) >= 11 is 0. The van der Waals surface area contributed by atoms with Crippen molar-refractivity contribution in [3.63, 3.8) is 0 Å². The summed E-state index contributed by atoms with van der Waals surface area (Å²) in [4.78, 5) is 29.6. The fraction of sp³-hybridized carbons (Fsp3) is 0.812. The van der Waals surface area contributed by atoms with Crippen LogP contribution in [0.3, 0.4) is 0 Å². The first-order valence-corrected chi connectivity index (χ1v) is 8.61. The monoisotopic (exact) mass is 321 g/mol. The van der Waals surface area contributed by atoms with Crippen LogP contribution in [0, 0.1) is 11.3 Å². The van der Waals surface area contributed by atoms with Crippen molar-refractivity contribution in [2.75, 3.05) is 45.8 Å². The number of unbranched alkanes of at least 4 members (excludes halogenated alkanes) is 1. The maximum atomic E-state index is 12.1. The summed E-state index contributed by atoms with van der Waals surface area (Å²) in [5, 5.41) is 12.1. The molecule has 3 amide bonds. The first-order chi connectivity index (χ1) is 11.2. The standard InChI is InChI=1S/C16H27N5O2/c1-2-3-7-19-10-11-20(16(19)23)9-6-18-13-15(22)21-8-4-5-14(21)12-17/h14,18H,2-11,13H2,1H3/t14-/m0/s1. The van der Waals surface area contributed by atoms with Gasteiger partial charge in [-0.3, -0.25) is 4.79 Å². The lowest BCUT2D eigenvalue weighted by molar-refractivity contribution is -0.130. The van der Waals surface area contributed by atoms with Gasteiger partial charge in [-0.05, 0) is 19.3 Å². The van der Waals surface area contributed by atoms with E-state index in [1.165, 1.54) is 0 Å². The van der Waals surface area contributed by atoms with Crippen molar-refractivity contribution in [3.05, 3.63) is 0 Å². The van der Waals surface area contributed by atoms with Crippen molar-refractivity contribution in [3.8, 4) is 6.07 Å². The predicted molar refractivity (Wildman–Crippen MR) is 86.7 cm³/mol. The average molecular weight is 321 g/mol. The van der Waals surface area contributed by atoms with Gasteiger partial charge < -0.3 is 20.0 Å². The third kappa shape index (κ3) is 4.58. The molecule has 7 heteroatoms. The van der Waals surface area contributed by atoms with Gasteiger partial charge in [0.15, 0.2) is 0 Å². The molecule has 2 rings (SSSR count). The highest BCUT2D eigenvalue weighted by atomic mass is 16.2. The van der Waals surface area contributed by atoms with Crippen LogP contribution in [0.5, 0.6) is 0 Å². The molecule has 1 atom stereocenters. The fourth-order valence-corrected chi connectivity index (χ4v) is 3.11. The topological polar surface area (TPSA) is 79.7 Å². The van der Waals surface area contributed by atoms with Crippen LogP contribution in [0.4, 0.5) is 4.79 Å². The summed E-state index contributed by atoms with van der Waals surface area (Å²) in [5.74, 6) is -0.0219. The van der Waals surface area contributed by atoms with Crippen LogP contribution in [-0.4, -0.2) is 78.5 Å². The van der Waals surface area contributed by atoms with Crippen LogP contribution in [0.25, 0.3) is 0 Å². The Hall–Kier alpha value is -1.81. The zero-order chi connectivity index (χ0) is 16.7. The minimum atomic E-state index is -0.267. The smallest absolute Gasteiger partial charge is 0.320 e. The molecule has 1 N–H and O–H groups in total. The van der Waals surface area contributed by atoms with Gasteiger partial charge in [0.25, 0.3) is 0 Å². The molecule has 0 bridgehead atoms. The van der Waals surface area contributed by atoms with Gasteiger partial charge in [-0.2, -0.15) is 5.26 Å². The van der Waals surface area contributed by atoms with Crippen LogP contribution in [-0.2, 0) is 4.79 Å². The molecule has 0 saturated carbocycles. The maximum absolute atomic E-state index is 12.1. The lowest BCUT2D eigenvalue weighted by Crippen LogP contribution is -2.43. The number of urea groups is 1. The average Bonchev–Trinajstić information content (AvgIpc) is 3.16. The van der Waals surface area contributed by atoms with E-state index >= 15 is 0 Å². The molecule has 0 aromatic carbocycles. The zero-order valence-corrected chi connectivity index (χ0v) is 14.0. The Labute approximate surface area is 138 Å². The molecule has 0 unspecified atom stereocenters. The van der Waals surface area contributed by atoms with Crippen molar-refractivity contribution in [1.29, 1.82) is 5.26 Å². The number of nitrogens with zero attached hydrogens (tertiary/aromatic N) is 4. The second-order valence-electron chi connectivity index (χ2n) is 6.16. The summed E-state index contributed by atoms with van der Waals surface area (Å²) in [6, 6.07) is 2.02. The van der Waals surface area contributed by atoms with Gasteiger partial charge in [0.05, 0.1) is 12.6 Å². The van der Waals surface area contributed by atoms with Crippen molar-refractivity contribution < 1.29 is 9.59 Å². The number of carbonyl (C=O) groups excluding carboxylic acids is 2. The number of nitriles is 1. The van der Waals surface area contributed by atoms with E-state index in [1.807, 2.05) is 9.80 Å². The lowest BCUT2D eigenvalue weighted by atomic mass is 10.2. The summed E-state index contributed by atoms with van der Waals surface area (Å²) in [7, 11) is 0. The quantitative estimate of drug-likeness (QED) is 0.665. The Balaban J connectivity index is 1.63. The van der Waals surface area contributed by atoms with E-state index in [0.29, 0.717) is 19.6 Å². The van der Waals surface area contributed by atoms with Crippen molar-refractivity contribution in [2.45, 2.75) is 38.6 Å². The molecule has 128 valence electrons. The number of rotatable bonds is 8. The van der Waals surface area contributed by atoms with E-state index in [2.05, 4.69) is 18.3 Å². The minimum absolute atomic E-state index is 0.0219. The van der Waals surface area contributed by atoms with E-state index in [-0.39, 0.29) is 24.5 Å². The van der Waals surface area contributed by atoms with Gasteiger partial charge in [0, 0.05) is 39.3 Å². The number of likely N-dealkylation sites (tertiary alicyclic amines) is 1. The van der Waals surface area contributed by atoms with Crippen molar-refractivity contribution in [1.82, 2.24) is 20.0 Å². The molecule has 2 saturated heterocycles. The number of hydrogen-bond acceptors (Lipinski definition) is 4. The Kier molecular flexibility index (Phi) is 6.66. The van der Waals surface area contributed by atoms with E-state index in [4.69, 9.17) is 5.26 Å². The molecule has 23 heavy (non-hydrogen) atoms. The van der Waals surface area contributed by atoms with Crippen molar-refractivity contribution in [2.24, 2.45) is 0 Å². The Morgan fingerprint density at radius 3 is 2.74 bits per heavy atom. The van der Waals surface area contributed by atoms with E-state index < -0.39 is 0 Å². The molecular formula is C16H27N5O2. The summed E-state index contributed by atoms with van der Waals surface area (Å²) in [6.45, 7) is 6.66. The van der Waals surface area contributed by atoms with Gasteiger partial charge in [0.2, 0.25) is 5.91 Å². The van der Waals surface area contributed by atoms with Crippen LogP contribution in [0.1, 0.15) is 32.6 Å². The highest BCUT2D eigenvalue weighted by Crippen LogP contribution is 2.16. The van der Waals surface area contributed by atoms with Gasteiger partial charge in [-0.25, -0.2) is 4.79 Å². The molecule has 7 nitrogen and oxygen atoms in total. The molecule has 0 aliphatic carbocycles. The van der Waals surface area contributed by atoms with Gasteiger partial charge in [-0.1, -0.05) is 13.3 Å². The maximum Gasteiger partial charge on any atom is 0.320 e. The van der Waals surface area contributed by atoms with Crippen LogP contribution in [0.2, 0.25) is 0 Å². The molecular weight excluding hydrogens is 294 g/mol. The Morgan fingerprint density at radius 1 is 1.30 bits per heavy atom. The third-order valence-electron chi connectivity index (χ3n) is 4.52. The Morgan fingerprint density at radius 2 is 2.04 bits per heavy atom. The van der Waals surface area contributed by atoms with E-state index in [9.17, 15) is 9.59 Å². The molecule has 0 aromatic rings. The molecule has 2 aliphatic rings. The first kappa shape index (κ1) is 17.5. The van der Waals surface area contributed by atoms with E-state index in [0.717, 1.165) is 45.3 Å². The number of hydrogen-bond donors (Lipinski definition) is 1. The molecule has 2 heterocycles. The zero-order valence-electron chi connectivity index (χ0n) is 14.0. The van der Waals surface area contributed by atoms with Gasteiger partial charge >= 0.3 is 6.03 Å². The first-order valence-electron chi connectivity index (χ1n) is 8.61. The largest absolute Gasteiger partial charge is 0.326 e. The second-order valence-corrected chi connectivity index (χ2v) is 6.16. The Bertz CT molecular complexity index is 462. The molecule has 2 aliphatic heterocycles. The highest BCUT2D eigenvalue weighted by molar-refractivity contribution is 5.79. The number of carbonyl (C=O) groups is 2. The third-order valence-corrected chi connectivity index (χ3v) is 4.52. The molecule has 0 aromatic heterocycles. The lowest BCUT2D eigenvalue weighted by Gasteiger charge is -2.21. The minimum Gasteiger partial charge on any atom is -0.326 e. The van der Waals surface area contributed by atoms with Gasteiger partial charge in [-0.15, -0.1) is 0 Å². The summed E-state index contributed by atoms with van der Waals surface area (Å²) in [6.07, 6.45) is 3.81. The van der Waals surface area contributed by atoms with Crippen LogP contribution < -0.4 is 5.32 Å². The SMILES string of the molecule is CCCCN1CCN(CCNCC(=O)N2CCC[C@H]2C#N)C1=O. The number of amides is 3. The molecule has 2 fully saturated rings. The van der Waals surface area contributed by atoms with Crippen molar-refractivity contribution >= 4 is 11.9 Å². The predicted octanol–water partition coefficient (Wildman–Crippen LogP) is 0.628. The molecule has 0 radical (unpaired) electrons. The number of nitrogens with one attached hydrogen (secondary N) is 1. The fourth-order valence-electron chi connectivity index (χ4n) is 3.11. The summed E-state index contributed by atoms with van der Waals surface area (Å²) in [5.41, 5.74) is 0. The van der Waals surface area contributed by atoms with Crippen LogP contribution in [0.15, 0.2) is 0 Å². The van der Waals surface area contributed by atoms with E-state index in [1.54, 1.807) is 4.90 Å².